The molecule has 4 rings (SSSR count). The van der Waals surface area contributed by atoms with Gasteiger partial charge in [0.1, 0.15) is 17.7 Å². The summed E-state index contributed by atoms with van der Waals surface area (Å²) in [5, 5.41) is 2.81. The highest BCUT2D eigenvalue weighted by Gasteiger charge is 2.39. The van der Waals surface area contributed by atoms with Crippen molar-refractivity contribution >= 4 is 15.9 Å². The molecule has 3 aromatic rings. The van der Waals surface area contributed by atoms with Crippen molar-refractivity contribution < 1.29 is 22.0 Å². The molecule has 1 aliphatic heterocycles. The van der Waals surface area contributed by atoms with Crippen molar-refractivity contribution in [2.45, 2.75) is 30.3 Å². The van der Waals surface area contributed by atoms with Crippen LogP contribution in [0.15, 0.2) is 77.7 Å². The molecule has 0 saturated heterocycles. The lowest BCUT2D eigenvalue weighted by Crippen LogP contribution is -2.52. The Morgan fingerprint density at radius 2 is 1.50 bits per heavy atom. The molecule has 166 valence electrons. The standard InChI is InChI=1S/C24H22F2N2O3S/c25-20-7-5-17(6-8-20)13-14-27-24(29)23-15-18-3-1-2-4-19(18)16-28(23)32(30,31)22-11-9-21(26)10-12-22/h1-12,23H,13-16H2,(H,27,29). The molecule has 1 amide bonds. The SMILES string of the molecule is O=C(NCCc1ccc(F)cc1)C1Cc2ccccc2CN1S(=O)(=O)c1ccc(F)cc1. The van der Waals surface area contributed by atoms with Gasteiger partial charge in [-0.25, -0.2) is 17.2 Å². The quantitative estimate of drug-likeness (QED) is 0.618. The Bertz CT molecular complexity index is 1210. The number of benzene rings is 3. The van der Waals surface area contributed by atoms with Crippen LogP contribution in [0.1, 0.15) is 16.7 Å². The van der Waals surface area contributed by atoms with Crippen LogP contribution in [-0.4, -0.2) is 31.2 Å². The van der Waals surface area contributed by atoms with Crippen LogP contribution in [-0.2, 0) is 34.2 Å². The molecule has 1 atom stereocenters. The number of halogens is 2. The number of fused-ring (bicyclic) bond motifs is 1. The highest BCUT2D eigenvalue weighted by Crippen LogP contribution is 2.29. The first-order chi connectivity index (χ1) is 15.3. The molecule has 0 saturated carbocycles. The normalized spacial score (nSPS) is 16.4. The molecule has 3 aromatic carbocycles. The number of sulfonamides is 1. The number of hydrogen-bond acceptors (Lipinski definition) is 3. The van der Waals surface area contributed by atoms with Gasteiger partial charge >= 0.3 is 0 Å². The average molecular weight is 457 g/mol. The molecule has 0 radical (unpaired) electrons. The summed E-state index contributed by atoms with van der Waals surface area (Å²) in [4.78, 5) is 13.0. The predicted molar refractivity (Wildman–Crippen MR) is 116 cm³/mol. The van der Waals surface area contributed by atoms with E-state index in [0.29, 0.717) is 6.42 Å². The van der Waals surface area contributed by atoms with Gasteiger partial charge in [-0.2, -0.15) is 4.31 Å². The number of carbonyl (C=O) groups is 1. The second-order valence-electron chi connectivity index (χ2n) is 7.66. The summed E-state index contributed by atoms with van der Waals surface area (Å²) in [6.45, 7) is 0.332. The summed E-state index contributed by atoms with van der Waals surface area (Å²) in [6.07, 6.45) is 0.721. The number of hydrogen-bond donors (Lipinski definition) is 1. The molecular weight excluding hydrogens is 434 g/mol. The Kier molecular flexibility index (Phi) is 6.34. The first-order valence-corrected chi connectivity index (χ1v) is 11.6. The minimum Gasteiger partial charge on any atom is -0.354 e. The van der Waals surface area contributed by atoms with Crippen molar-refractivity contribution in [3.63, 3.8) is 0 Å². The molecular formula is C24H22F2N2O3S. The fraction of sp³-hybridized carbons (Fsp3) is 0.208. The van der Waals surface area contributed by atoms with Gasteiger partial charge in [0.15, 0.2) is 0 Å². The molecule has 1 unspecified atom stereocenters. The summed E-state index contributed by atoms with van der Waals surface area (Å²) in [5.74, 6) is -1.28. The van der Waals surface area contributed by atoms with Gasteiger partial charge in [0.05, 0.1) is 4.90 Å². The fourth-order valence-corrected chi connectivity index (χ4v) is 5.38. The van der Waals surface area contributed by atoms with Crippen LogP contribution >= 0.6 is 0 Å². The van der Waals surface area contributed by atoms with Gasteiger partial charge in [-0.1, -0.05) is 36.4 Å². The smallest absolute Gasteiger partial charge is 0.244 e. The van der Waals surface area contributed by atoms with E-state index in [9.17, 15) is 22.0 Å². The molecule has 0 bridgehead atoms. The van der Waals surface area contributed by atoms with Crippen molar-refractivity contribution in [3.05, 3.63) is 101 Å². The van der Waals surface area contributed by atoms with Gasteiger partial charge in [-0.3, -0.25) is 4.79 Å². The fourth-order valence-electron chi connectivity index (χ4n) is 3.82. The number of amides is 1. The zero-order valence-corrected chi connectivity index (χ0v) is 18.0. The molecule has 5 nitrogen and oxygen atoms in total. The van der Waals surface area contributed by atoms with Crippen LogP contribution in [0, 0.1) is 11.6 Å². The molecule has 8 heteroatoms. The summed E-state index contributed by atoms with van der Waals surface area (Å²) in [7, 11) is -4.03. The number of nitrogens with zero attached hydrogens (tertiary/aromatic N) is 1. The van der Waals surface area contributed by atoms with Gasteiger partial charge in [0.2, 0.25) is 15.9 Å². The first kappa shape index (κ1) is 22.1. The van der Waals surface area contributed by atoms with Gasteiger partial charge in [0.25, 0.3) is 0 Å². The van der Waals surface area contributed by atoms with Crippen molar-refractivity contribution in [1.82, 2.24) is 9.62 Å². The minimum absolute atomic E-state index is 0.0476. The monoisotopic (exact) mass is 456 g/mol. The minimum atomic E-state index is -4.03. The van der Waals surface area contributed by atoms with Gasteiger partial charge in [-0.15, -0.1) is 0 Å². The number of nitrogens with one attached hydrogen (secondary N) is 1. The van der Waals surface area contributed by atoms with Crippen molar-refractivity contribution in [3.8, 4) is 0 Å². The lowest BCUT2D eigenvalue weighted by atomic mass is 9.95. The molecule has 0 spiro atoms. The maximum Gasteiger partial charge on any atom is 0.244 e. The summed E-state index contributed by atoms with van der Waals surface area (Å²) in [6, 6.07) is 17.0. The number of rotatable bonds is 6. The van der Waals surface area contributed by atoms with Crippen LogP contribution in [0.4, 0.5) is 8.78 Å². The second kappa shape index (κ2) is 9.18. The first-order valence-electron chi connectivity index (χ1n) is 10.2. The maximum absolute atomic E-state index is 13.3. The van der Waals surface area contributed by atoms with Crippen molar-refractivity contribution in [2.75, 3.05) is 6.54 Å². The predicted octanol–water partition coefficient (Wildman–Crippen LogP) is 3.44. The molecule has 32 heavy (non-hydrogen) atoms. The van der Waals surface area contributed by atoms with E-state index in [2.05, 4.69) is 5.32 Å². The van der Waals surface area contributed by atoms with E-state index < -0.39 is 27.8 Å². The van der Waals surface area contributed by atoms with Crippen LogP contribution in [0.2, 0.25) is 0 Å². The average Bonchev–Trinajstić information content (AvgIpc) is 2.79. The maximum atomic E-state index is 13.3. The second-order valence-corrected chi connectivity index (χ2v) is 9.55. The lowest BCUT2D eigenvalue weighted by molar-refractivity contribution is -0.125. The van der Waals surface area contributed by atoms with E-state index >= 15 is 0 Å². The zero-order chi connectivity index (χ0) is 22.7. The Hall–Kier alpha value is -3.10. The van der Waals surface area contributed by atoms with E-state index in [4.69, 9.17) is 0 Å². The Morgan fingerprint density at radius 1 is 0.906 bits per heavy atom. The molecule has 1 aliphatic rings. The topological polar surface area (TPSA) is 66.5 Å². The summed E-state index contributed by atoms with van der Waals surface area (Å²) < 4.78 is 54.2. The van der Waals surface area contributed by atoms with Gasteiger partial charge in [-0.05, 0) is 65.9 Å². The Balaban J connectivity index is 1.56. The van der Waals surface area contributed by atoms with Crippen LogP contribution in [0.25, 0.3) is 0 Å². The molecule has 0 aliphatic carbocycles. The third-order valence-corrected chi connectivity index (χ3v) is 7.42. The molecule has 0 aromatic heterocycles. The van der Waals surface area contributed by atoms with E-state index in [0.717, 1.165) is 28.8 Å². The summed E-state index contributed by atoms with van der Waals surface area (Å²) in [5.41, 5.74) is 2.60. The van der Waals surface area contributed by atoms with E-state index in [1.54, 1.807) is 12.1 Å². The Morgan fingerprint density at radius 3 is 2.16 bits per heavy atom. The van der Waals surface area contributed by atoms with E-state index in [-0.39, 0.29) is 30.2 Å². The van der Waals surface area contributed by atoms with E-state index in [1.165, 1.54) is 28.6 Å². The van der Waals surface area contributed by atoms with Gasteiger partial charge < -0.3 is 5.32 Å². The lowest BCUT2D eigenvalue weighted by Gasteiger charge is -2.35. The van der Waals surface area contributed by atoms with Gasteiger partial charge in [0, 0.05) is 13.1 Å². The molecule has 1 heterocycles. The van der Waals surface area contributed by atoms with Crippen molar-refractivity contribution in [2.24, 2.45) is 0 Å². The highest BCUT2D eigenvalue weighted by atomic mass is 32.2. The summed E-state index contributed by atoms with van der Waals surface area (Å²) >= 11 is 0. The largest absolute Gasteiger partial charge is 0.354 e. The zero-order valence-electron chi connectivity index (χ0n) is 17.2. The highest BCUT2D eigenvalue weighted by molar-refractivity contribution is 7.89. The Labute approximate surface area is 185 Å². The van der Waals surface area contributed by atoms with Crippen molar-refractivity contribution in [1.29, 1.82) is 0 Å². The number of carbonyl (C=O) groups excluding carboxylic acids is 1. The molecule has 1 N–H and O–H groups in total. The third kappa shape index (κ3) is 4.71. The van der Waals surface area contributed by atoms with Crippen LogP contribution in [0.3, 0.4) is 0 Å². The van der Waals surface area contributed by atoms with E-state index in [1.807, 2.05) is 24.3 Å². The van der Waals surface area contributed by atoms with Crippen LogP contribution in [0.5, 0.6) is 0 Å². The third-order valence-electron chi connectivity index (χ3n) is 5.55. The van der Waals surface area contributed by atoms with Crippen LogP contribution < -0.4 is 5.32 Å². The molecule has 0 fully saturated rings.